The van der Waals surface area contributed by atoms with Gasteiger partial charge in [-0.15, -0.1) is 0 Å². The Kier molecular flexibility index (Phi) is 3.08. The third kappa shape index (κ3) is 1.76. The number of phenols is 1. The summed E-state index contributed by atoms with van der Waals surface area (Å²) in [5, 5.41) is 10.2. The first kappa shape index (κ1) is 13.2. The van der Waals surface area contributed by atoms with E-state index in [1.807, 2.05) is 20.8 Å². The van der Waals surface area contributed by atoms with Crippen LogP contribution in [0.2, 0.25) is 0 Å². The Labute approximate surface area is 119 Å². The number of carbonyl (C=O) groups is 1. The average molecular weight is 272 g/mol. The van der Waals surface area contributed by atoms with E-state index in [9.17, 15) is 9.90 Å². The van der Waals surface area contributed by atoms with Crippen LogP contribution in [0.4, 0.5) is 0 Å². The van der Waals surface area contributed by atoms with Crippen molar-refractivity contribution in [2.75, 3.05) is 0 Å². The predicted octanol–water partition coefficient (Wildman–Crippen LogP) is 3.51. The standard InChI is InChI=1S/C17H20O3/c1-9-10(2)16-14(11(3)15(9)19)7-13(8-18)17(20-16)12-5-4-6-12/h8,12,19H,4-7H2,1-3H3. The number of ether oxygens (including phenoxy) is 1. The second kappa shape index (κ2) is 4.65. The number of aldehydes is 1. The lowest BCUT2D eigenvalue weighted by Gasteiger charge is -2.33. The molecule has 3 heteroatoms. The fraction of sp³-hybridized carbons (Fsp3) is 0.471. The molecule has 20 heavy (non-hydrogen) atoms. The van der Waals surface area contributed by atoms with E-state index < -0.39 is 0 Å². The molecule has 0 radical (unpaired) electrons. The van der Waals surface area contributed by atoms with Crippen molar-refractivity contribution in [3.05, 3.63) is 33.6 Å². The van der Waals surface area contributed by atoms with Crippen LogP contribution in [0.5, 0.6) is 11.5 Å². The van der Waals surface area contributed by atoms with Crippen LogP contribution in [0.1, 0.15) is 41.5 Å². The minimum Gasteiger partial charge on any atom is -0.507 e. The molecule has 1 saturated carbocycles. The molecular formula is C17H20O3. The summed E-state index contributed by atoms with van der Waals surface area (Å²) >= 11 is 0. The zero-order valence-corrected chi connectivity index (χ0v) is 12.2. The molecule has 0 atom stereocenters. The van der Waals surface area contributed by atoms with Crippen molar-refractivity contribution in [2.45, 2.75) is 46.5 Å². The van der Waals surface area contributed by atoms with Crippen LogP contribution in [0.15, 0.2) is 11.3 Å². The Morgan fingerprint density at radius 1 is 1.15 bits per heavy atom. The molecule has 1 heterocycles. The molecule has 0 bridgehead atoms. The van der Waals surface area contributed by atoms with Gasteiger partial charge in [0.15, 0.2) is 0 Å². The van der Waals surface area contributed by atoms with Gasteiger partial charge in [-0.1, -0.05) is 6.42 Å². The molecular weight excluding hydrogens is 252 g/mol. The predicted molar refractivity (Wildman–Crippen MR) is 77.1 cm³/mol. The van der Waals surface area contributed by atoms with Crippen molar-refractivity contribution in [3.8, 4) is 11.5 Å². The summed E-state index contributed by atoms with van der Waals surface area (Å²) in [5.41, 5.74) is 4.37. The maximum atomic E-state index is 11.4. The maximum absolute atomic E-state index is 11.4. The van der Waals surface area contributed by atoms with Gasteiger partial charge in [-0.25, -0.2) is 0 Å². The molecule has 0 saturated heterocycles. The van der Waals surface area contributed by atoms with Crippen LogP contribution in [0, 0.1) is 26.7 Å². The summed E-state index contributed by atoms with van der Waals surface area (Å²) in [6.45, 7) is 5.77. The summed E-state index contributed by atoms with van der Waals surface area (Å²) in [4.78, 5) is 11.4. The molecule has 0 unspecified atom stereocenters. The Morgan fingerprint density at radius 2 is 1.85 bits per heavy atom. The van der Waals surface area contributed by atoms with Crippen LogP contribution in [-0.2, 0) is 11.2 Å². The number of aromatic hydroxyl groups is 1. The number of phenolic OH excluding ortho intramolecular Hbond substituents is 1. The van der Waals surface area contributed by atoms with E-state index >= 15 is 0 Å². The van der Waals surface area contributed by atoms with Crippen molar-refractivity contribution in [3.63, 3.8) is 0 Å². The third-order valence-electron chi connectivity index (χ3n) is 4.85. The first-order valence-corrected chi connectivity index (χ1v) is 7.22. The molecule has 1 aliphatic carbocycles. The van der Waals surface area contributed by atoms with E-state index in [1.54, 1.807) is 0 Å². The Bertz CT molecular complexity index is 622. The van der Waals surface area contributed by atoms with Crippen molar-refractivity contribution in [2.24, 2.45) is 5.92 Å². The largest absolute Gasteiger partial charge is 0.507 e. The normalized spacial score (nSPS) is 18.4. The van der Waals surface area contributed by atoms with Gasteiger partial charge in [-0.05, 0) is 50.3 Å². The van der Waals surface area contributed by atoms with Gasteiger partial charge >= 0.3 is 0 Å². The molecule has 1 N–H and O–H groups in total. The van der Waals surface area contributed by atoms with E-state index in [1.165, 1.54) is 6.42 Å². The minimum atomic E-state index is 0.321. The lowest BCUT2D eigenvalue weighted by Crippen LogP contribution is -2.24. The highest BCUT2D eigenvalue weighted by atomic mass is 16.5. The molecule has 3 rings (SSSR count). The van der Waals surface area contributed by atoms with E-state index in [-0.39, 0.29) is 0 Å². The summed E-state index contributed by atoms with van der Waals surface area (Å²) in [6.07, 6.45) is 4.92. The van der Waals surface area contributed by atoms with Gasteiger partial charge in [0.2, 0.25) is 0 Å². The van der Waals surface area contributed by atoms with Crippen molar-refractivity contribution >= 4 is 6.29 Å². The molecule has 3 nitrogen and oxygen atoms in total. The SMILES string of the molecule is Cc1c(C)c2c(c(C)c1O)CC(C=O)=C(C1CCC1)O2. The van der Waals surface area contributed by atoms with Gasteiger partial charge in [0.05, 0.1) is 0 Å². The molecule has 0 amide bonds. The highest BCUT2D eigenvalue weighted by Crippen LogP contribution is 2.45. The lowest BCUT2D eigenvalue weighted by atomic mass is 9.80. The molecule has 0 aromatic heterocycles. The van der Waals surface area contributed by atoms with Gasteiger partial charge in [0.25, 0.3) is 0 Å². The Balaban J connectivity index is 2.12. The summed E-state index contributed by atoms with van der Waals surface area (Å²) in [6, 6.07) is 0. The van der Waals surface area contributed by atoms with Gasteiger partial charge in [-0.3, -0.25) is 4.79 Å². The number of rotatable bonds is 2. The number of allylic oxidation sites excluding steroid dienone is 2. The van der Waals surface area contributed by atoms with Gasteiger partial charge in [-0.2, -0.15) is 0 Å². The van der Waals surface area contributed by atoms with E-state index in [0.29, 0.717) is 18.1 Å². The fourth-order valence-electron chi connectivity index (χ4n) is 3.09. The number of hydrogen-bond acceptors (Lipinski definition) is 3. The molecule has 1 aromatic carbocycles. The van der Waals surface area contributed by atoms with E-state index in [4.69, 9.17) is 4.74 Å². The van der Waals surface area contributed by atoms with Crippen LogP contribution in [0.3, 0.4) is 0 Å². The highest BCUT2D eigenvalue weighted by Gasteiger charge is 2.32. The number of benzene rings is 1. The monoisotopic (exact) mass is 272 g/mol. The van der Waals surface area contributed by atoms with Crippen molar-refractivity contribution in [1.82, 2.24) is 0 Å². The third-order valence-corrected chi connectivity index (χ3v) is 4.85. The zero-order chi connectivity index (χ0) is 14.4. The van der Waals surface area contributed by atoms with Gasteiger partial charge in [0.1, 0.15) is 23.5 Å². The average Bonchev–Trinajstić information content (AvgIpc) is 2.40. The number of fused-ring (bicyclic) bond motifs is 1. The molecule has 106 valence electrons. The first-order valence-electron chi connectivity index (χ1n) is 7.22. The van der Waals surface area contributed by atoms with E-state index in [0.717, 1.165) is 58.5 Å². The second-order valence-electron chi connectivity index (χ2n) is 5.95. The zero-order valence-electron chi connectivity index (χ0n) is 12.2. The Hall–Kier alpha value is -1.77. The number of hydrogen-bond donors (Lipinski definition) is 1. The van der Waals surface area contributed by atoms with Crippen LogP contribution < -0.4 is 4.74 Å². The smallest absolute Gasteiger partial charge is 0.149 e. The van der Waals surface area contributed by atoms with Crippen molar-refractivity contribution < 1.29 is 14.6 Å². The van der Waals surface area contributed by atoms with E-state index in [2.05, 4.69) is 0 Å². The topological polar surface area (TPSA) is 46.5 Å². The quantitative estimate of drug-likeness (QED) is 0.838. The fourth-order valence-corrected chi connectivity index (χ4v) is 3.09. The molecule has 1 fully saturated rings. The first-order chi connectivity index (χ1) is 9.54. The van der Waals surface area contributed by atoms with Crippen LogP contribution in [0.25, 0.3) is 0 Å². The number of carbonyl (C=O) groups excluding carboxylic acids is 1. The van der Waals surface area contributed by atoms with Gasteiger partial charge < -0.3 is 9.84 Å². The maximum Gasteiger partial charge on any atom is 0.149 e. The molecule has 0 spiro atoms. The summed E-state index contributed by atoms with van der Waals surface area (Å²) in [5.74, 6) is 2.44. The summed E-state index contributed by atoms with van der Waals surface area (Å²) < 4.78 is 6.12. The molecule has 1 aromatic rings. The Morgan fingerprint density at radius 3 is 2.40 bits per heavy atom. The van der Waals surface area contributed by atoms with Gasteiger partial charge in [0, 0.05) is 23.5 Å². The van der Waals surface area contributed by atoms with Crippen LogP contribution in [-0.4, -0.2) is 11.4 Å². The highest BCUT2D eigenvalue weighted by molar-refractivity contribution is 5.77. The lowest BCUT2D eigenvalue weighted by molar-refractivity contribution is -0.105. The molecule has 2 aliphatic rings. The van der Waals surface area contributed by atoms with Crippen molar-refractivity contribution in [1.29, 1.82) is 0 Å². The minimum absolute atomic E-state index is 0.321. The molecule has 1 aliphatic heterocycles. The van der Waals surface area contributed by atoms with Crippen LogP contribution >= 0.6 is 0 Å². The second-order valence-corrected chi connectivity index (χ2v) is 5.95. The summed E-state index contributed by atoms with van der Waals surface area (Å²) in [7, 11) is 0.